The van der Waals surface area contributed by atoms with Gasteiger partial charge in [-0.2, -0.15) is 0 Å². The quantitative estimate of drug-likeness (QED) is 0.844. The first-order valence-corrected chi connectivity index (χ1v) is 7.98. The Balaban J connectivity index is 1.59. The first-order valence-electron chi connectivity index (χ1n) is 7.98. The Morgan fingerprint density at radius 3 is 2.83 bits per heavy atom. The van der Waals surface area contributed by atoms with Gasteiger partial charge in [-0.05, 0) is 12.3 Å². The molecule has 23 heavy (non-hydrogen) atoms. The van der Waals surface area contributed by atoms with E-state index in [2.05, 4.69) is 33.8 Å². The van der Waals surface area contributed by atoms with E-state index < -0.39 is 0 Å². The first kappa shape index (κ1) is 15.5. The summed E-state index contributed by atoms with van der Waals surface area (Å²) < 4.78 is 0. The number of fused-ring (bicyclic) bond motifs is 1. The van der Waals surface area contributed by atoms with Crippen LogP contribution < -0.4 is 0 Å². The molecular weight excluding hydrogens is 290 g/mol. The van der Waals surface area contributed by atoms with Crippen LogP contribution >= 0.6 is 0 Å². The van der Waals surface area contributed by atoms with Crippen LogP contribution in [0.2, 0.25) is 0 Å². The predicted octanol–water partition coefficient (Wildman–Crippen LogP) is 1.94. The topological polar surface area (TPSA) is 71.9 Å². The van der Waals surface area contributed by atoms with Gasteiger partial charge < -0.3 is 4.90 Å². The maximum atomic E-state index is 12.4. The average molecular weight is 311 g/mol. The minimum atomic E-state index is 0.124. The molecule has 0 saturated heterocycles. The molecular formula is C17H21N5O. The first-order chi connectivity index (χ1) is 11.1. The van der Waals surface area contributed by atoms with E-state index in [1.807, 2.05) is 11.1 Å². The second-order valence-electron chi connectivity index (χ2n) is 6.30. The van der Waals surface area contributed by atoms with Crippen LogP contribution in [0.25, 0.3) is 0 Å². The second-order valence-corrected chi connectivity index (χ2v) is 6.30. The number of amides is 1. The van der Waals surface area contributed by atoms with E-state index in [0.29, 0.717) is 31.8 Å². The van der Waals surface area contributed by atoms with Crippen LogP contribution in [0.15, 0.2) is 24.8 Å². The Morgan fingerprint density at radius 2 is 2.09 bits per heavy atom. The third-order valence-electron chi connectivity index (χ3n) is 3.86. The number of nitrogens with zero attached hydrogens (tertiary/aromatic N) is 5. The summed E-state index contributed by atoms with van der Waals surface area (Å²) >= 11 is 0. The fourth-order valence-corrected chi connectivity index (χ4v) is 2.69. The second kappa shape index (κ2) is 6.81. The Labute approximate surface area is 136 Å². The molecule has 0 fully saturated rings. The van der Waals surface area contributed by atoms with Gasteiger partial charge in [0.25, 0.3) is 0 Å². The lowest BCUT2D eigenvalue weighted by molar-refractivity contribution is -0.131. The minimum Gasteiger partial charge on any atom is -0.332 e. The van der Waals surface area contributed by atoms with Gasteiger partial charge >= 0.3 is 0 Å². The lowest BCUT2D eigenvalue weighted by Crippen LogP contribution is -2.25. The number of aryl methyl sites for hydroxylation is 1. The highest BCUT2D eigenvalue weighted by Gasteiger charge is 2.25. The van der Waals surface area contributed by atoms with E-state index >= 15 is 0 Å². The SMILES string of the molecule is CC(C)Cc1ncc2c(n1)CN(C(=O)CCc1cnccn1)C2. The number of hydrogen-bond donors (Lipinski definition) is 0. The number of hydrogen-bond acceptors (Lipinski definition) is 5. The molecule has 2 aromatic heterocycles. The number of carbonyl (C=O) groups is 1. The molecule has 0 atom stereocenters. The molecule has 6 nitrogen and oxygen atoms in total. The van der Waals surface area contributed by atoms with Crippen LogP contribution in [-0.4, -0.2) is 30.7 Å². The molecule has 0 bridgehead atoms. The van der Waals surface area contributed by atoms with E-state index in [1.165, 1.54) is 0 Å². The zero-order chi connectivity index (χ0) is 16.2. The number of aromatic nitrogens is 4. The molecule has 0 saturated carbocycles. The van der Waals surface area contributed by atoms with E-state index in [9.17, 15) is 4.79 Å². The Kier molecular flexibility index (Phi) is 4.60. The predicted molar refractivity (Wildman–Crippen MR) is 85.2 cm³/mol. The highest BCUT2D eigenvalue weighted by Crippen LogP contribution is 2.21. The van der Waals surface area contributed by atoms with Gasteiger partial charge in [-0.1, -0.05) is 13.8 Å². The van der Waals surface area contributed by atoms with Crippen molar-refractivity contribution in [3.63, 3.8) is 0 Å². The molecule has 3 rings (SSSR count). The summed E-state index contributed by atoms with van der Waals surface area (Å²) in [5.41, 5.74) is 2.89. The largest absolute Gasteiger partial charge is 0.332 e. The maximum absolute atomic E-state index is 12.4. The molecule has 120 valence electrons. The normalized spacial score (nSPS) is 13.4. The molecule has 0 aromatic carbocycles. The van der Waals surface area contributed by atoms with Crippen molar-refractivity contribution in [2.24, 2.45) is 5.92 Å². The average Bonchev–Trinajstić information content (AvgIpc) is 2.96. The van der Waals surface area contributed by atoms with Gasteiger partial charge in [0.2, 0.25) is 5.91 Å². The molecule has 3 heterocycles. The Morgan fingerprint density at radius 1 is 1.22 bits per heavy atom. The van der Waals surface area contributed by atoms with Crippen molar-refractivity contribution < 1.29 is 4.79 Å². The van der Waals surface area contributed by atoms with Crippen molar-refractivity contribution in [1.82, 2.24) is 24.8 Å². The van der Waals surface area contributed by atoms with E-state index in [0.717, 1.165) is 29.2 Å². The molecule has 6 heteroatoms. The van der Waals surface area contributed by atoms with Crippen LogP contribution in [0.4, 0.5) is 0 Å². The van der Waals surface area contributed by atoms with Crippen molar-refractivity contribution in [3.05, 3.63) is 47.6 Å². The molecule has 0 radical (unpaired) electrons. The van der Waals surface area contributed by atoms with E-state index in [-0.39, 0.29) is 5.91 Å². The zero-order valence-electron chi connectivity index (χ0n) is 13.6. The van der Waals surface area contributed by atoms with Crippen molar-refractivity contribution in [2.75, 3.05) is 0 Å². The van der Waals surface area contributed by atoms with Crippen molar-refractivity contribution in [2.45, 2.75) is 46.2 Å². The highest BCUT2D eigenvalue weighted by atomic mass is 16.2. The smallest absolute Gasteiger partial charge is 0.223 e. The van der Waals surface area contributed by atoms with Crippen molar-refractivity contribution in [3.8, 4) is 0 Å². The molecule has 1 aliphatic rings. The molecule has 0 N–H and O–H groups in total. The fourth-order valence-electron chi connectivity index (χ4n) is 2.69. The zero-order valence-corrected chi connectivity index (χ0v) is 13.6. The van der Waals surface area contributed by atoms with Crippen molar-refractivity contribution >= 4 is 5.91 Å². The standard InChI is InChI=1S/C17H21N5O/c1-12(2)7-16-20-8-13-10-22(11-15(13)21-16)17(23)4-3-14-9-18-5-6-19-14/h5-6,8-9,12H,3-4,7,10-11H2,1-2H3. The maximum Gasteiger partial charge on any atom is 0.223 e. The molecule has 1 amide bonds. The summed E-state index contributed by atoms with van der Waals surface area (Å²) in [4.78, 5) is 31.5. The van der Waals surface area contributed by atoms with E-state index in [4.69, 9.17) is 0 Å². The summed E-state index contributed by atoms with van der Waals surface area (Å²) in [7, 11) is 0. The van der Waals surface area contributed by atoms with Crippen molar-refractivity contribution in [1.29, 1.82) is 0 Å². The van der Waals surface area contributed by atoms with Crippen LogP contribution in [0.5, 0.6) is 0 Å². The van der Waals surface area contributed by atoms with Gasteiger partial charge in [0.15, 0.2) is 0 Å². The molecule has 0 spiro atoms. The summed E-state index contributed by atoms with van der Waals surface area (Å²) in [6.45, 7) is 5.50. The number of rotatable bonds is 5. The number of carbonyl (C=O) groups excluding carboxylic acids is 1. The van der Waals surface area contributed by atoms with E-state index in [1.54, 1.807) is 18.6 Å². The van der Waals surface area contributed by atoms with Crippen LogP contribution in [0.3, 0.4) is 0 Å². The lowest BCUT2D eigenvalue weighted by atomic mass is 10.1. The highest BCUT2D eigenvalue weighted by molar-refractivity contribution is 5.77. The van der Waals surface area contributed by atoms with Gasteiger partial charge in [-0.25, -0.2) is 9.97 Å². The van der Waals surface area contributed by atoms with Gasteiger partial charge in [0.1, 0.15) is 5.82 Å². The minimum absolute atomic E-state index is 0.124. The van der Waals surface area contributed by atoms with Gasteiger partial charge in [0, 0.05) is 49.7 Å². The molecule has 2 aromatic rings. The van der Waals surface area contributed by atoms with Crippen LogP contribution in [0, 0.1) is 5.92 Å². The fraction of sp³-hybridized carbons (Fsp3) is 0.471. The Bertz CT molecular complexity index is 687. The van der Waals surface area contributed by atoms with Crippen LogP contribution in [-0.2, 0) is 30.7 Å². The summed E-state index contributed by atoms with van der Waals surface area (Å²) in [6, 6.07) is 0. The summed E-state index contributed by atoms with van der Waals surface area (Å²) in [5.74, 6) is 1.52. The molecule has 1 aliphatic heterocycles. The summed E-state index contributed by atoms with van der Waals surface area (Å²) in [6.07, 6.45) is 8.79. The molecule has 0 aliphatic carbocycles. The van der Waals surface area contributed by atoms with Crippen LogP contribution in [0.1, 0.15) is 43.0 Å². The molecule has 0 unspecified atom stereocenters. The monoisotopic (exact) mass is 311 g/mol. The third-order valence-corrected chi connectivity index (χ3v) is 3.86. The third kappa shape index (κ3) is 3.88. The lowest BCUT2D eigenvalue weighted by Gasteiger charge is -2.14. The Hall–Kier alpha value is -2.37. The van der Waals surface area contributed by atoms with Gasteiger partial charge in [-0.15, -0.1) is 0 Å². The summed E-state index contributed by atoms with van der Waals surface area (Å²) in [5, 5.41) is 0. The van der Waals surface area contributed by atoms with Gasteiger partial charge in [0.05, 0.1) is 17.9 Å². The van der Waals surface area contributed by atoms with Gasteiger partial charge in [-0.3, -0.25) is 14.8 Å².